The first kappa shape index (κ1) is 18.7. The van der Waals surface area contributed by atoms with Crippen molar-refractivity contribution in [2.45, 2.75) is 6.54 Å². The minimum Gasteiger partial charge on any atom is -0.490 e. The van der Waals surface area contributed by atoms with Gasteiger partial charge in [-0.15, -0.1) is 22.7 Å². The molecule has 9 heteroatoms. The Morgan fingerprint density at radius 3 is 2.93 bits per heavy atom. The van der Waals surface area contributed by atoms with Crippen LogP contribution in [-0.4, -0.2) is 27.0 Å². The number of thiophene rings is 1. The van der Waals surface area contributed by atoms with Crippen LogP contribution in [0.25, 0.3) is 9.88 Å². The molecule has 0 saturated carbocycles. The smallest absolute Gasteiger partial charge is 0.275 e. The van der Waals surface area contributed by atoms with Gasteiger partial charge >= 0.3 is 0 Å². The van der Waals surface area contributed by atoms with Gasteiger partial charge in [-0.2, -0.15) is 0 Å². The van der Waals surface area contributed by atoms with Crippen LogP contribution in [0.1, 0.15) is 10.5 Å². The van der Waals surface area contributed by atoms with Crippen molar-refractivity contribution in [3.63, 3.8) is 0 Å². The molecule has 0 atom stereocenters. The standard InChI is InChI=1S/C19H15ClN4O2S2/c20-17-6-5-16(28-17)19-23-14(11-27-19)18(25)22-13-3-1-2-4-15(13)26-10-9-24-8-7-21-12-24/h1-8,11-12H,9-10H2,(H,22,25). The van der Waals surface area contributed by atoms with E-state index >= 15 is 0 Å². The second-order valence-electron chi connectivity index (χ2n) is 5.74. The number of halogens is 1. The van der Waals surface area contributed by atoms with E-state index in [4.69, 9.17) is 16.3 Å². The summed E-state index contributed by atoms with van der Waals surface area (Å²) in [5.41, 5.74) is 0.963. The number of carbonyl (C=O) groups excluding carboxylic acids is 1. The van der Waals surface area contributed by atoms with E-state index < -0.39 is 0 Å². The molecule has 1 aromatic carbocycles. The first-order valence-corrected chi connectivity index (χ1v) is 10.5. The van der Waals surface area contributed by atoms with E-state index in [-0.39, 0.29) is 5.91 Å². The zero-order valence-corrected chi connectivity index (χ0v) is 16.9. The average Bonchev–Trinajstić information content (AvgIpc) is 3.44. The summed E-state index contributed by atoms with van der Waals surface area (Å²) in [7, 11) is 0. The van der Waals surface area contributed by atoms with Crippen LogP contribution >= 0.6 is 34.3 Å². The molecule has 0 radical (unpaired) electrons. The lowest BCUT2D eigenvalue weighted by molar-refractivity contribution is 0.102. The molecule has 4 rings (SSSR count). The van der Waals surface area contributed by atoms with Crippen LogP contribution in [0.2, 0.25) is 4.34 Å². The molecule has 3 aromatic heterocycles. The molecule has 3 heterocycles. The molecule has 28 heavy (non-hydrogen) atoms. The molecule has 0 aliphatic heterocycles. The summed E-state index contributed by atoms with van der Waals surface area (Å²) in [6.45, 7) is 1.13. The second kappa shape index (κ2) is 8.55. The highest BCUT2D eigenvalue weighted by Crippen LogP contribution is 2.33. The molecule has 0 spiro atoms. The molecular weight excluding hydrogens is 416 g/mol. The molecule has 0 saturated heterocycles. The first-order chi connectivity index (χ1) is 13.7. The van der Waals surface area contributed by atoms with E-state index in [9.17, 15) is 4.79 Å². The molecule has 0 aliphatic carbocycles. The van der Waals surface area contributed by atoms with Crippen LogP contribution in [0.5, 0.6) is 5.75 Å². The number of nitrogens with zero attached hydrogens (tertiary/aromatic N) is 3. The molecule has 142 valence electrons. The Morgan fingerprint density at radius 2 is 2.14 bits per heavy atom. The molecule has 0 fully saturated rings. The van der Waals surface area contributed by atoms with E-state index in [0.29, 0.717) is 34.6 Å². The monoisotopic (exact) mass is 430 g/mol. The van der Waals surface area contributed by atoms with Crippen LogP contribution in [0, 0.1) is 0 Å². The third-order valence-electron chi connectivity index (χ3n) is 3.82. The fourth-order valence-electron chi connectivity index (χ4n) is 2.48. The maximum absolute atomic E-state index is 12.6. The Labute approximate surface area is 174 Å². The van der Waals surface area contributed by atoms with Crippen LogP contribution in [0.3, 0.4) is 0 Å². The largest absolute Gasteiger partial charge is 0.490 e. The summed E-state index contributed by atoms with van der Waals surface area (Å²) in [5, 5.41) is 5.39. The van der Waals surface area contributed by atoms with Gasteiger partial charge in [0.2, 0.25) is 0 Å². The molecule has 0 bridgehead atoms. The van der Waals surface area contributed by atoms with Gasteiger partial charge in [0.25, 0.3) is 5.91 Å². The maximum Gasteiger partial charge on any atom is 0.275 e. The minimum atomic E-state index is -0.282. The quantitative estimate of drug-likeness (QED) is 0.445. The number of rotatable bonds is 7. The van der Waals surface area contributed by atoms with Crippen LogP contribution in [-0.2, 0) is 6.54 Å². The Bertz CT molecular complexity index is 1080. The van der Waals surface area contributed by atoms with Crippen molar-refractivity contribution in [2.24, 2.45) is 0 Å². The predicted molar refractivity (Wildman–Crippen MR) is 113 cm³/mol. The van der Waals surface area contributed by atoms with Gasteiger partial charge in [-0.3, -0.25) is 4.79 Å². The summed E-state index contributed by atoms with van der Waals surface area (Å²) < 4.78 is 8.45. The number of nitrogens with one attached hydrogen (secondary N) is 1. The van der Waals surface area contributed by atoms with Gasteiger partial charge < -0.3 is 14.6 Å². The maximum atomic E-state index is 12.6. The number of benzene rings is 1. The lowest BCUT2D eigenvalue weighted by Gasteiger charge is -2.12. The van der Waals surface area contributed by atoms with Gasteiger partial charge in [0.05, 0.1) is 27.8 Å². The third kappa shape index (κ3) is 4.41. The summed E-state index contributed by atoms with van der Waals surface area (Å²) in [4.78, 5) is 22.0. The SMILES string of the molecule is O=C(Nc1ccccc1OCCn1ccnc1)c1csc(-c2ccc(Cl)s2)n1. The number of carbonyl (C=O) groups is 1. The Balaban J connectivity index is 1.42. The van der Waals surface area contributed by atoms with Crippen LogP contribution < -0.4 is 10.1 Å². The van der Waals surface area contributed by atoms with E-state index in [0.717, 1.165) is 9.88 Å². The number of hydrogen-bond donors (Lipinski definition) is 1. The van der Waals surface area contributed by atoms with Gasteiger partial charge in [-0.25, -0.2) is 9.97 Å². The van der Waals surface area contributed by atoms with Gasteiger partial charge in [0.1, 0.15) is 23.1 Å². The molecule has 1 N–H and O–H groups in total. The number of imidazole rings is 1. The highest BCUT2D eigenvalue weighted by atomic mass is 35.5. The Morgan fingerprint density at radius 1 is 1.25 bits per heavy atom. The average molecular weight is 431 g/mol. The van der Waals surface area contributed by atoms with Gasteiger partial charge in [-0.05, 0) is 24.3 Å². The fraction of sp³-hybridized carbons (Fsp3) is 0.105. The normalized spacial score (nSPS) is 10.8. The van der Waals surface area contributed by atoms with Gasteiger partial charge in [0.15, 0.2) is 0 Å². The van der Waals surface area contributed by atoms with Crippen LogP contribution in [0.15, 0.2) is 60.5 Å². The molecule has 6 nitrogen and oxygen atoms in total. The van der Waals surface area contributed by atoms with Crippen molar-refractivity contribution in [1.82, 2.24) is 14.5 Å². The third-order valence-corrected chi connectivity index (χ3v) is 6.06. The molecule has 4 aromatic rings. The predicted octanol–water partition coefficient (Wildman–Crippen LogP) is 5.05. The van der Waals surface area contributed by atoms with Gasteiger partial charge in [-0.1, -0.05) is 23.7 Å². The van der Waals surface area contributed by atoms with E-state index in [1.807, 2.05) is 41.1 Å². The highest BCUT2D eigenvalue weighted by molar-refractivity contribution is 7.23. The number of thiazole rings is 1. The summed E-state index contributed by atoms with van der Waals surface area (Å²) in [6.07, 6.45) is 5.33. The number of ether oxygens (including phenoxy) is 1. The number of aromatic nitrogens is 3. The first-order valence-electron chi connectivity index (χ1n) is 8.39. The topological polar surface area (TPSA) is 69.0 Å². The number of anilines is 1. The molecule has 0 aliphatic rings. The van der Waals surface area contributed by atoms with E-state index in [2.05, 4.69) is 15.3 Å². The van der Waals surface area contributed by atoms with Crippen LogP contribution in [0.4, 0.5) is 5.69 Å². The van der Waals surface area contributed by atoms with Crippen molar-refractivity contribution >= 4 is 45.9 Å². The van der Waals surface area contributed by atoms with Gasteiger partial charge in [0, 0.05) is 17.8 Å². The Kier molecular flexibility index (Phi) is 5.70. The summed E-state index contributed by atoms with van der Waals surface area (Å²) in [5.74, 6) is 0.326. The highest BCUT2D eigenvalue weighted by Gasteiger charge is 2.15. The molecule has 0 unspecified atom stereocenters. The summed E-state index contributed by atoms with van der Waals surface area (Å²) >= 11 is 8.82. The fourth-order valence-corrected chi connectivity index (χ4v) is 4.40. The second-order valence-corrected chi connectivity index (χ2v) is 8.31. The zero-order valence-electron chi connectivity index (χ0n) is 14.5. The molecular formula is C19H15ClN4O2S2. The number of hydrogen-bond acceptors (Lipinski definition) is 6. The van der Waals surface area contributed by atoms with Crippen molar-refractivity contribution in [3.05, 3.63) is 70.5 Å². The Hall–Kier alpha value is -2.68. The number of amides is 1. The van der Waals surface area contributed by atoms with Crippen molar-refractivity contribution in [1.29, 1.82) is 0 Å². The van der Waals surface area contributed by atoms with Crippen molar-refractivity contribution in [3.8, 4) is 15.6 Å². The lowest BCUT2D eigenvalue weighted by atomic mass is 10.3. The van der Waals surface area contributed by atoms with Crippen molar-refractivity contribution < 1.29 is 9.53 Å². The van der Waals surface area contributed by atoms with Crippen molar-refractivity contribution in [2.75, 3.05) is 11.9 Å². The number of para-hydroxylation sites is 2. The molecule has 1 amide bonds. The minimum absolute atomic E-state index is 0.282. The van der Waals surface area contributed by atoms with E-state index in [1.54, 1.807) is 24.0 Å². The van der Waals surface area contributed by atoms with E-state index in [1.165, 1.54) is 22.7 Å². The summed E-state index contributed by atoms with van der Waals surface area (Å²) in [6, 6.07) is 11.1. The zero-order chi connectivity index (χ0) is 19.3. The lowest BCUT2D eigenvalue weighted by Crippen LogP contribution is -2.14.